The maximum Gasteiger partial charge on any atom is 0.0641 e. The van der Waals surface area contributed by atoms with Gasteiger partial charge in [-0.15, -0.1) is 0 Å². The fourth-order valence-corrected chi connectivity index (χ4v) is 5.30. The van der Waals surface area contributed by atoms with Gasteiger partial charge in [0.25, 0.3) is 0 Å². The number of para-hydroxylation sites is 4. The highest BCUT2D eigenvalue weighted by atomic mass is 15.0. The highest BCUT2D eigenvalue weighted by Crippen LogP contribution is 2.51. The van der Waals surface area contributed by atoms with Gasteiger partial charge >= 0.3 is 0 Å². The zero-order valence-electron chi connectivity index (χ0n) is 18.6. The van der Waals surface area contributed by atoms with Crippen LogP contribution in [0.1, 0.15) is 0 Å². The monoisotopic (exact) mass is 434 g/mol. The first-order chi connectivity index (χ1) is 16.9. The Hall–Kier alpha value is -4.56. The van der Waals surface area contributed by atoms with E-state index < -0.39 is 0 Å². The molecule has 0 saturated heterocycles. The van der Waals surface area contributed by atoms with Crippen LogP contribution in [-0.4, -0.2) is 4.57 Å². The summed E-state index contributed by atoms with van der Waals surface area (Å²) in [6.07, 6.45) is 0. The number of nitrogens with one attached hydrogen (secondary N) is 1. The Bertz CT molecular complexity index is 1660. The van der Waals surface area contributed by atoms with Crippen LogP contribution in [0.5, 0.6) is 0 Å². The molecule has 0 bridgehead atoms. The molecule has 7 rings (SSSR count). The molecule has 0 radical (unpaired) electrons. The van der Waals surface area contributed by atoms with Gasteiger partial charge in [-0.3, -0.25) is 0 Å². The minimum absolute atomic E-state index is 1.12. The largest absolute Gasteiger partial charge is 0.354 e. The lowest BCUT2D eigenvalue weighted by Gasteiger charge is -2.16. The van der Waals surface area contributed by atoms with Crippen molar-refractivity contribution in [2.75, 3.05) is 5.32 Å². The molecule has 1 aliphatic heterocycles. The fourth-order valence-electron chi connectivity index (χ4n) is 5.30. The number of hydrogen-bond donors (Lipinski definition) is 1. The Kier molecular flexibility index (Phi) is 4.18. The predicted molar refractivity (Wildman–Crippen MR) is 143 cm³/mol. The van der Waals surface area contributed by atoms with Gasteiger partial charge in [0.15, 0.2) is 0 Å². The van der Waals surface area contributed by atoms with Crippen LogP contribution < -0.4 is 5.32 Å². The maximum atomic E-state index is 3.71. The van der Waals surface area contributed by atoms with Crippen LogP contribution in [-0.2, 0) is 0 Å². The van der Waals surface area contributed by atoms with E-state index in [0.717, 1.165) is 17.1 Å². The Balaban J connectivity index is 1.74. The Morgan fingerprint density at radius 1 is 0.471 bits per heavy atom. The van der Waals surface area contributed by atoms with E-state index in [0.29, 0.717) is 0 Å². The molecule has 1 aromatic heterocycles. The first-order valence-electron chi connectivity index (χ1n) is 11.6. The molecule has 2 heteroatoms. The number of hydrogen-bond acceptors (Lipinski definition) is 1. The van der Waals surface area contributed by atoms with Gasteiger partial charge in [-0.2, -0.15) is 0 Å². The van der Waals surface area contributed by atoms with Crippen molar-refractivity contribution in [1.29, 1.82) is 0 Å². The molecular formula is C32H22N2. The molecule has 2 nitrogen and oxygen atoms in total. The number of rotatable bonds is 2. The molecule has 0 atom stereocenters. The Morgan fingerprint density at radius 2 is 1.06 bits per heavy atom. The molecule has 160 valence electrons. The van der Waals surface area contributed by atoms with Crippen LogP contribution in [0.15, 0.2) is 127 Å². The van der Waals surface area contributed by atoms with Gasteiger partial charge in [-0.1, -0.05) is 103 Å². The summed E-state index contributed by atoms with van der Waals surface area (Å²) in [5.74, 6) is 0. The van der Waals surface area contributed by atoms with E-state index in [9.17, 15) is 0 Å². The first kappa shape index (κ1) is 19.0. The predicted octanol–water partition coefficient (Wildman–Crippen LogP) is 8.69. The van der Waals surface area contributed by atoms with Crippen LogP contribution >= 0.6 is 0 Å². The van der Waals surface area contributed by atoms with Crippen LogP contribution in [0.2, 0.25) is 0 Å². The summed E-state index contributed by atoms with van der Waals surface area (Å²) in [7, 11) is 0. The highest BCUT2D eigenvalue weighted by Gasteiger charge is 2.28. The van der Waals surface area contributed by atoms with Gasteiger partial charge in [0, 0.05) is 44.7 Å². The number of nitrogens with zero attached hydrogens (tertiary/aromatic N) is 1. The fraction of sp³-hybridized carbons (Fsp3) is 0. The maximum absolute atomic E-state index is 3.71. The quantitative estimate of drug-likeness (QED) is 0.288. The summed E-state index contributed by atoms with van der Waals surface area (Å²) in [6.45, 7) is 0. The summed E-state index contributed by atoms with van der Waals surface area (Å²) >= 11 is 0. The van der Waals surface area contributed by atoms with E-state index in [1.165, 1.54) is 44.4 Å². The summed E-state index contributed by atoms with van der Waals surface area (Å²) in [5.41, 5.74) is 12.0. The minimum Gasteiger partial charge on any atom is -0.354 e. The molecule has 0 fully saturated rings. The molecule has 6 aromatic rings. The van der Waals surface area contributed by atoms with Crippen molar-refractivity contribution in [1.82, 2.24) is 4.57 Å². The molecule has 0 aliphatic carbocycles. The molecule has 1 aliphatic rings. The molecule has 5 aromatic carbocycles. The lowest BCUT2D eigenvalue weighted by atomic mass is 9.96. The molecule has 1 N–H and O–H groups in total. The second-order valence-corrected chi connectivity index (χ2v) is 8.68. The lowest BCUT2D eigenvalue weighted by Crippen LogP contribution is -1.99. The van der Waals surface area contributed by atoms with Crippen molar-refractivity contribution in [2.45, 2.75) is 0 Å². The van der Waals surface area contributed by atoms with Crippen LogP contribution in [0, 0.1) is 0 Å². The smallest absolute Gasteiger partial charge is 0.0641 e. The number of benzene rings is 5. The third-order valence-electron chi connectivity index (χ3n) is 6.74. The number of aromatic nitrogens is 1. The SMILES string of the molecule is c1ccc(-c2cccc3c4c(n(-c5ccccc5)c23)-c2ccccc2Nc2ccccc2-4)cc1. The molecule has 0 saturated carbocycles. The third-order valence-corrected chi connectivity index (χ3v) is 6.74. The van der Waals surface area contributed by atoms with Crippen LogP contribution in [0.4, 0.5) is 11.4 Å². The Labute approximate surface area is 198 Å². The van der Waals surface area contributed by atoms with E-state index in [-0.39, 0.29) is 0 Å². The molecule has 0 spiro atoms. The topological polar surface area (TPSA) is 17.0 Å². The molecular weight excluding hydrogens is 412 g/mol. The minimum atomic E-state index is 1.12. The van der Waals surface area contributed by atoms with Crippen LogP contribution in [0.3, 0.4) is 0 Å². The molecule has 0 unspecified atom stereocenters. The summed E-state index contributed by atoms with van der Waals surface area (Å²) in [6, 6.07) is 45.4. The summed E-state index contributed by atoms with van der Waals surface area (Å²) in [4.78, 5) is 0. The van der Waals surface area contributed by atoms with Crippen molar-refractivity contribution < 1.29 is 0 Å². The highest BCUT2D eigenvalue weighted by molar-refractivity contribution is 6.14. The number of anilines is 2. The van der Waals surface area contributed by atoms with Gasteiger partial charge in [-0.25, -0.2) is 0 Å². The number of fused-ring (bicyclic) bond motifs is 7. The zero-order chi connectivity index (χ0) is 22.5. The zero-order valence-corrected chi connectivity index (χ0v) is 18.6. The van der Waals surface area contributed by atoms with Gasteiger partial charge in [-0.05, 0) is 29.8 Å². The van der Waals surface area contributed by atoms with E-state index in [4.69, 9.17) is 0 Å². The van der Waals surface area contributed by atoms with E-state index in [2.05, 4.69) is 137 Å². The summed E-state index contributed by atoms with van der Waals surface area (Å²) < 4.78 is 2.45. The van der Waals surface area contributed by atoms with Gasteiger partial charge in [0.2, 0.25) is 0 Å². The first-order valence-corrected chi connectivity index (χ1v) is 11.6. The van der Waals surface area contributed by atoms with Crippen molar-refractivity contribution >= 4 is 22.3 Å². The van der Waals surface area contributed by atoms with Gasteiger partial charge in [0.1, 0.15) is 0 Å². The molecule has 34 heavy (non-hydrogen) atoms. The second-order valence-electron chi connectivity index (χ2n) is 8.68. The standard InChI is InChI=1S/C32H22N2/c1-3-12-22(13-4-1)24-18-11-19-27-30-25-16-7-9-20-28(25)33-29-21-10-8-17-26(29)32(30)34(31(24)27)23-14-5-2-6-15-23/h1-21,33H. The average molecular weight is 435 g/mol. The lowest BCUT2D eigenvalue weighted by molar-refractivity contribution is 1.14. The average Bonchev–Trinajstić information content (AvgIpc) is 3.17. The van der Waals surface area contributed by atoms with Gasteiger partial charge in [0.05, 0.1) is 11.2 Å². The third kappa shape index (κ3) is 2.76. The van der Waals surface area contributed by atoms with Crippen molar-refractivity contribution in [3.63, 3.8) is 0 Å². The van der Waals surface area contributed by atoms with E-state index >= 15 is 0 Å². The van der Waals surface area contributed by atoms with Crippen LogP contribution in [0.25, 0.3) is 50.1 Å². The van der Waals surface area contributed by atoms with Crippen molar-refractivity contribution in [3.05, 3.63) is 127 Å². The Morgan fingerprint density at radius 3 is 1.82 bits per heavy atom. The summed E-state index contributed by atoms with van der Waals surface area (Å²) in [5, 5.41) is 4.97. The molecule has 2 heterocycles. The van der Waals surface area contributed by atoms with E-state index in [1.54, 1.807) is 0 Å². The van der Waals surface area contributed by atoms with E-state index in [1.807, 2.05) is 0 Å². The van der Waals surface area contributed by atoms with Crippen molar-refractivity contribution in [3.8, 4) is 39.2 Å². The van der Waals surface area contributed by atoms with Gasteiger partial charge < -0.3 is 9.88 Å². The normalized spacial score (nSPS) is 11.8. The molecule has 0 amide bonds. The second kappa shape index (κ2) is 7.50. The van der Waals surface area contributed by atoms with Crippen molar-refractivity contribution in [2.24, 2.45) is 0 Å².